The largest absolute Gasteiger partial charge is 0.354 e. The Kier molecular flexibility index (Phi) is 7.93. The molecule has 0 radical (unpaired) electrons. The topological polar surface area (TPSA) is 34.1 Å². The average molecular weight is 504 g/mol. The Hall–Kier alpha value is -0.0800. The van der Waals surface area contributed by atoms with Crippen molar-refractivity contribution < 1.29 is 0 Å². The van der Waals surface area contributed by atoms with Gasteiger partial charge in [0.15, 0.2) is 5.96 Å². The lowest BCUT2D eigenvalue weighted by Gasteiger charge is -2.50. The van der Waals surface area contributed by atoms with Crippen LogP contribution in [-0.2, 0) is 0 Å². The molecule has 162 valence electrons. The highest BCUT2D eigenvalue weighted by Crippen LogP contribution is 2.45. The molecule has 0 aromatic heterocycles. The fourth-order valence-corrected chi connectivity index (χ4v) is 6.23. The Morgan fingerprint density at radius 3 is 2.18 bits per heavy atom. The van der Waals surface area contributed by atoms with Gasteiger partial charge in [-0.1, -0.05) is 19.3 Å². The third-order valence-electron chi connectivity index (χ3n) is 8.13. The number of hydrogen-bond acceptors (Lipinski definition) is 3. The predicted molar refractivity (Wildman–Crippen MR) is 129 cm³/mol. The molecule has 1 aliphatic carbocycles. The molecule has 3 saturated heterocycles. The molecule has 0 aromatic carbocycles. The number of halogens is 1. The van der Waals surface area contributed by atoms with Gasteiger partial charge in [-0.3, -0.25) is 9.89 Å². The van der Waals surface area contributed by atoms with E-state index in [4.69, 9.17) is 4.99 Å². The minimum atomic E-state index is 0. The summed E-state index contributed by atoms with van der Waals surface area (Å²) in [5.41, 5.74) is 0.934. The Balaban J connectivity index is 0.00000225. The molecule has 3 aliphatic heterocycles. The molecule has 0 aromatic rings. The molecule has 4 rings (SSSR count). The number of rotatable bonds is 3. The zero-order chi connectivity index (χ0) is 18.7. The van der Waals surface area contributed by atoms with Gasteiger partial charge in [0.1, 0.15) is 0 Å². The lowest BCUT2D eigenvalue weighted by molar-refractivity contribution is 0.0169. The number of likely N-dealkylation sites (tertiary alicyclic amines) is 3. The summed E-state index contributed by atoms with van der Waals surface area (Å²) >= 11 is 0. The quantitative estimate of drug-likeness (QED) is 0.364. The summed E-state index contributed by atoms with van der Waals surface area (Å²) in [6, 6.07) is 0. The van der Waals surface area contributed by atoms with E-state index in [0.29, 0.717) is 11.0 Å². The fourth-order valence-electron chi connectivity index (χ4n) is 6.23. The van der Waals surface area contributed by atoms with Crippen LogP contribution in [0.3, 0.4) is 0 Å². The standard InChI is InChI=1S/C22H41N5.HI/c1-23-20(26-17-10-21(19-26)8-4-5-9-21)24-18-22(11-15-25(2)16-12-22)27-13-6-3-7-14-27;/h3-19H2,1-2H3,(H,23,24);1H. The second kappa shape index (κ2) is 9.82. The zero-order valence-electron chi connectivity index (χ0n) is 18.2. The number of aliphatic imine (C=N–C) groups is 1. The third-order valence-corrected chi connectivity index (χ3v) is 8.13. The van der Waals surface area contributed by atoms with Crippen LogP contribution >= 0.6 is 24.0 Å². The SMILES string of the molecule is CN=C(NCC1(N2CCCCC2)CCN(C)CC1)N1CCC2(CCCC2)C1.I. The van der Waals surface area contributed by atoms with Gasteiger partial charge in [0.25, 0.3) is 0 Å². The van der Waals surface area contributed by atoms with Gasteiger partial charge < -0.3 is 15.1 Å². The summed E-state index contributed by atoms with van der Waals surface area (Å²) in [4.78, 5) is 12.6. The molecule has 0 bridgehead atoms. The number of piperidine rings is 2. The van der Waals surface area contributed by atoms with E-state index in [0.717, 1.165) is 12.5 Å². The highest BCUT2D eigenvalue weighted by atomic mass is 127. The summed E-state index contributed by atoms with van der Waals surface area (Å²) < 4.78 is 0. The van der Waals surface area contributed by atoms with Crippen LogP contribution in [0.15, 0.2) is 4.99 Å². The van der Waals surface area contributed by atoms with E-state index >= 15 is 0 Å². The van der Waals surface area contributed by atoms with Crippen molar-refractivity contribution in [3.63, 3.8) is 0 Å². The number of hydrogen-bond donors (Lipinski definition) is 1. The number of nitrogens with zero attached hydrogens (tertiary/aromatic N) is 4. The van der Waals surface area contributed by atoms with Crippen molar-refractivity contribution in [2.24, 2.45) is 10.4 Å². The van der Waals surface area contributed by atoms with Crippen molar-refractivity contribution in [1.82, 2.24) is 20.0 Å². The number of guanidine groups is 1. The first-order valence-corrected chi connectivity index (χ1v) is 11.5. The van der Waals surface area contributed by atoms with Gasteiger partial charge in [0.2, 0.25) is 0 Å². The maximum Gasteiger partial charge on any atom is 0.193 e. The maximum absolute atomic E-state index is 4.70. The van der Waals surface area contributed by atoms with Gasteiger partial charge in [-0.2, -0.15) is 0 Å². The zero-order valence-corrected chi connectivity index (χ0v) is 20.5. The summed E-state index contributed by atoms with van der Waals surface area (Å²) in [5, 5.41) is 3.86. The molecule has 1 N–H and O–H groups in total. The monoisotopic (exact) mass is 503 g/mol. The second-order valence-corrected chi connectivity index (χ2v) is 9.85. The van der Waals surface area contributed by atoms with Crippen LogP contribution in [0.4, 0.5) is 0 Å². The van der Waals surface area contributed by atoms with E-state index in [1.165, 1.54) is 103 Å². The summed E-state index contributed by atoms with van der Waals surface area (Å²) in [6.07, 6.45) is 13.9. The van der Waals surface area contributed by atoms with Gasteiger partial charge in [-0.25, -0.2) is 0 Å². The minimum Gasteiger partial charge on any atom is -0.354 e. The fraction of sp³-hybridized carbons (Fsp3) is 0.955. The van der Waals surface area contributed by atoms with E-state index in [9.17, 15) is 0 Å². The molecule has 4 aliphatic rings. The van der Waals surface area contributed by atoms with Gasteiger partial charge in [0, 0.05) is 32.2 Å². The molecule has 0 amide bonds. The molecule has 5 nitrogen and oxygen atoms in total. The van der Waals surface area contributed by atoms with Crippen LogP contribution in [0.2, 0.25) is 0 Å². The molecule has 0 unspecified atom stereocenters. The maximum atomic E-state index is 4.70. The first kappa shape index (κ1) is 22.6. The molecule has 1 spiro atoms. The number of nitrogens with one attached hydrogen (secondary N) is 1. The Morgan fingerprint density at radius 1 is 0.857 bits per heavy atom. The van der Waals surface area contributed by atoms with Crippen molar-refractivity contribution >= 4 is 29.9 Å². The molecule has 3 heterocycles. The van der Waals surface area contributed by atoms with Crippen LogP contribution in [-0.4, -0.2) is 86.1 Å². The summed E-state index contributed by atoms with van der Waals surface area (Å²) in [5.74, 6) is 1.16. The highest BCUT2D eigenvalue weighted by Gasteiger charge is 2.43. The summed E-state index contributed by atoms with van der Waals surface area (Å²) in [6.45, 7) is 8.52. The van der Waals surface area contributed by atoms with E-state index < -0.39 is 0 Å². The van der Waals surface area contributed by atoms with Crippen molar-refractivity contribution in [2.75, 3.05) is 59.9 Å². The first-order chi connectivity index (χ1) is 13.1. The lowest BCUT2D eigenvalue weighted by atomic mass is 9.84. The van der Waals surface area contributed by atoms with Crippen LogP contribution in [0.5, 0.6) is 0 Å². The lowest BCUT2D eigenvalue weighted by Crippen LogP contribution is -2.62. The first-order valence-electron chi connectivity index (χ1n) is 11.5. The van der Waals surface area contributed by atoms with E-state index in [1.54, 1.807) is 0 Å². The Morgan fingerprint density at radius 2 is 1.54 bits per heavy atom. The van der Waals surface area contributed by atoms with E-state index in [1.807, 2.05) is 7.05 Å². The Labute approximate surface area is 189 Å². The smallest absolute Gasteiger partial charge is 0.193 e. The summed E-state index contributed by atoms with van der Waals surface area (Å²) in [7, 11) is 4.25. The van der Waals surface area contributed by atoms with Crippen molar-refractivity contribution in [2.45, 2.75) is 69.7 Å². The highest BCUT2D eigenvalue weighted by molar-refractivity contribution is 14.0. The minimum absolute atomic E-state index is 0. The van der Waals surface area contributed by atoms with Gasteiger partial charge >= 0.3 is 0 Å². The van der Waals surface area contributed by atoms with Gasteiger partial charge in [-0.05, 0) is 83.6 Å². The van der Waals surface area contributed by atoms with E-state index in [2.05, 4.69) is 27.1 Å². The van der Waals surface area contributed by atoms with Crippen LogP contribution in [0.25, 0.3) is 0 Å². The van der Waals surface area contributed by atoms with Crippen LogP contribution in [0, 0.1) is 5.41 Å². The molecule has 4 fully saturated rings. The normalized spacial score (nSPS) is 28.5. The molecule has 1 saturated carbocycles. The Bertz CT molecular complexity index is 517. The van der Waals surface area contributed by atoms with E-state index in [-0.39, 0.29) is 24.0 Å². The van der Waals surface area contributed by atoms with Crippen LogP contribution < -0.4 is 5.32 Å². The predicted octanol–water partition coefficient (Wildman–Crippen LogP) is 3.40. The average Bonchev–Trinajstić information content (AvgIpc) is 3.35. The van der Waals surface area contributed by atoms with Crippen molar-refractivity contribution in [3.8, 4) is 0 Å². The van der Waals surface area contributed by atoms with Crippen molar-refractivity contribution in [3.05, 3.63) is 0 Å². The molecular weight excluding hydrogens is 461 g/mol. The van der Waals surface area contributed by atoms with Gasteiger partial charge in [0.05, 0.1) is 0 Å². The molecule has 6 heteroatoms. The molecule has 0 atom stereocenters. The molecule has 28 heavy (non-hydrogen) atoms. The molecular formula is C22H42IN5. The third kappa shape index (κ3) is 4.80. The van der Waals surface area contributed by atoms with Crippen molar-refractivity contribution in [1.29, 1.82) is 0 Å². The van der Waals surface area contributed by atoms with Crippen LogP contribution in [0.1, 0.15) is 64.2 Å². The van der Waals surface area contributed by atoms with Gasteiger partial charge in [-0.15, -0.1) is 24.0 Å². The second-order valence-electron chi connectivity index (χ2n) is 9.85.